The van der Waals surface area contributed by atoms with E-state index in [4.69, 9.17) is 25.5 Å². The van der Waals surface area contributed by atoms with E-state index >= 15 is 0 Å². The number of halogens is 1. The van der Waals surface area contributed by atoms with Gasteiger partial charge >= 0.3 is 11.6 Å². The lowest BCUT2D eigenvalue weighted by Gasteiger charge is -2.58. The third kappa shape index (κ3) is 6.17. The molecule has 0 radical (unpaired) electrons. The summed E-state index contributed by atoms with van der Waals surface area (Å²) in [7, 11) is 0. The smallest absolute Gasteiger partial charge is 0.344 e. The molecule has 5 aliphatic rings. The van der Waals surface area contributed by atoms with Crippen LogP contribution < -0.4 is 10.4 Å². The molecule has 8 atom stereocenters. The Bertz CT molecular complexity index is 1620. The molecular formula is C42H57ClO5. The van der Waals surface area contributed by atoms with Crippen LogP contribution in [0.5, 0.6) is 5.75 Å². The Kier molecular flexibility index (Phi) is 9.58. The molecule has 48 heavy (non-hydrogen) atoms. The molecule has 1 aromatic carbocycles. The Morgan fingerprint density at radius 2 is 1.79 bits per heavy atom. The van der Waals surface area contributed by atoms with E-state index in [1.165, 1.54) is 56.9 Å². The summed E-state index contributed by atoms with van der Waals surface area (Å²) in [5.41, 5.74) is 4.19. The topological polar surface area (TPSA) is 65.7 Å². The predicted molar refractivity (Wildman–Crippen MR) is 193 cm³/mol. The standard InChI is InChI=1S/C42H57ClO5/c1-25(2)9-8-10-26(3)33-15-16-34-31-14-13-27-21-28(17-19-41(27,4)35(31)18-20-42(33,34)5)47-39(44)24-46-38-23-37-32(22-36(38)43)29-11-6-7-12-30(29)40(45)48-37/h13,22-23,25-26,28,31,33-35H,6-12,14-21,24H2,1-5H3/t26-,28+,31+,33+,34-,35-,41+,42-/m1/s1. The first kappa shape index (κ1) is 34.2. The van der Waals surface area contributed by atoms with Crippen molar-refractivity contribution in [1.82, 2.24) is 0 Å². The number of allylic oxidation sites excluding steroid dienone is 1. The number of hydrogen-bond acceptors (Lipinski definition) is 5. The van der Waals surface area contributed by atoms with Gasteiger partial charge in [0.1, 0.15) is 17.4 Å². The van der Waals surface area contributed by atoms with Crippen molar-refractivity contribution >= 4 is 28.5 Å². The fraction of sp³-hybridized carbons (Fsp3) is 0.714. The Hall–Kier alpha value is -2.27. The van der Waals surface area contributed by atoms with E-state index in [0.717, 1.165) is 97.0 Å². The van der Waals surface area contributed by atoms with Crippen LogP contribution in [-0.4, -0.2) is 18.7 Å². The quantitative estimate of drug-likeness (QED) is 0.150. The molecule has 0 bridgehead atoms. The zero-order chi connectivity index (χ0) is 33.8. The summed E-state index contributed by atoms with van der Waals surface area (Å²) in [6, 6.07) is 3.45. The minimum atomic E-state index is -0.381. The Morgan fingerprint density at radius 3 is 2.58 bits per heavy atom. The second kappa shape index (κ2) is 13.5. The zero-order valence-electron chi connectivity index (χ0n) is 30.0. The van der Waals surface area contributed by atoms with E-state index in [9.17, 15) is 9.59 Å². The average molecular weight is 677 g/mol. The summed E-state index contributed by atoms with van der Waals surface area (Å²) in [6.07, 6.45) is 19.7. The summed E-state index contributed by atoms with van der Waals surface area (Å²) in [4.78, 5) is 25.6. The van der Waals surface area contributed by atoms with Gasteiger partial charge in [-0.3, -0.25) is 0 Å². The highest BCUT2D eigenvalue weighted by Gasteiger charge is 2.59. The second-order valence-electron chi connectivity index (χ2n) is 17.3. The minimum Gasteiger partial charge on any atom is -0.480 e. The molecule has 0 saturated heterocycles. The van der Waals surface area contributed by atoms with Crippen molar-refractivity contribution in [1.29, 1.82) is 0 Å². The van der Waals surface area contributed by atoms with Crippen LogP contribution in [0.25, 0.3) is 11.0 Å². The average Bonchev–Trinajstić information content (AvgIpc) is 3.42. The second-order valence-corrected chi connectivity index (χ2v) is 17.7. The van der Waals surface area contributed by atoms with Crippen molar-refractivity contribution < 1.29 is 18.7 Å². The molecular weight excluding hydrogens is 620 g/mol. The molecule has 5 nitrogen and oxygen atoms in total. The lowest BCUT2D eigenvalue weighted by molar-refractivity contribution is -0.153. The molecule has 0 spiro atoms. The summed E-state index contributed by atoms with van der Waals surface area (Å²) in [5, 5.41) is 1.27. The minimum absolute atomic E-state index is 0.120. The van der Waals surface area contributed by atoms with Gasteiger partial charge in [-0.25, -0.2) is 9.59 Å². The molecule has 3 saturated carbocycles. The first-order chi connectivity index (χ1) is 23.0. The Balaban J connectivity index is 0.966. The number of benzene rings is 1. The van der Waals surface area contributed by atoms with Crippen molar-refractivity contribution in [2.45, 2.75) is 137 Å². The van der Waals surface area contributed by atoms with Crippen molar-refractivity contribution in [3.8, 4) is 5.75 Å². The van der Waals surface area contributed by atoms with Crippen molar-refractivity contribution in [3.05, 3.63) is 50.4 Å². The van der Waals surface area contributed by atoms with Gasteiger partial charge in [-0.15, -0.1) is 0 Å². The predicted octanol–water partition coefficient (Wildman–Crippen LogP) is 10.7. The fourth-order valence-electron chi connectivity index (χ4n) is 11.7. The molecule has 0 unspecified atom stereocenters. The van der Waals surface area contributed by atoms with Gasteiger partial charge in [0.2, 0.25) is 0 Å². The third-order valence-electron chi connectivity index (χ3n) is 14.2. The summed E-state index contributed by atoms with van der Waals surface area (Å²) in [5.74, 6) is 4.84. The molecule has 3 fully saturated rings. The van der Waals surface area contributed by atoms with Gasteiger partial charge in [-0.05, 0) is 129 Å². The first-order valence-electron chi connectivity index (χ1n) is 19.3. The molecule has 1 aromatic heterocycles. The number of carbonyl (C=O) groups is 1. The number of carbonyl (C=O) groups excluding carboxylic acids is 1. The van der Waals surface area contributed by atoms with E-state index < -0.39 is 0 Å². The van der Waals surface area contributed by atoms with E-state index in [-0.39, 0.29) is 29.7 Å². The molecule has 262 valence electrons. The highest BCUT2D eigenvalue weighted by molar-refractivity contribution is 6.32. The van der Waals surface area contributed by atoms with Gasteiger partial charge in [0.25, 0.3) is 0 Å². The maximum absolute atomic E-state index is 13.0. The van der Waals surface area contributed by atoms with Crippen molar-refractivity contribution in [2.75, 3.05) is 6.61 Å². The molecule has 1 heterocycles. The lowest BCUT2D eigenvalue weighted by atomic mass is 9.47. The summed E-state index contributed by atoms with van der Waals surface area (Å²) in [6.45, 7) is 12.2. The molecule has 7 rings (SSSR count). The number of aryl methyl sites for hydroxylation is 1. The molecule has 5 aliphatic carbocycles. The molecule has 6 heteroatoms. The van der Waals surface area contributed by atoms with Crippen LogP contribution >= 0.6 is 11.6 Å². The number of rotatable bonds is 9. The van der Waals surface area contributed by atoms with Gasteiger partial charge in [-0.1, -0.05) is 77.1 Å². The summed E-state index contributed by atoms with van der Waals surface area (Å²) >= 11 is 6.60. The first-order valence-corrected chi connectivity index (χ1v) is 19.7. The van der Waals surface area contributed by atoms with Crippen LogP contribution in [0.1, 0.15) is 129 Å². The third-order valence-corrected chi connectivity index (χ3v) is 14.5. The van der Waals surface area contributed by atoms with Gasteiger partial charge in [0.05, 0.1) is 5.02 Å². The molecule has 0 amide bonds. The van der Waals surface area contributed by atoms with Gasteiger partial charge < -0.3 is 13.9 Å². The van der Waals surface area contributed by atoms with Gasteiger partial charge in [-0.2, -0.15) is 0 Å². The van der Waals surface area contributed by atoms with Crippen molar-refractivity contribution in [3.63, 3.8) is 0 Å². The zero-order valence-corrected chi connectivity index (χ0v) is 30.8. The highest BCUT2D eigenvalue weighted by atomic mass is 35.5. The van der Waals surface area contributed by atoms with E-state index in [1.807, 2.05) is 6.07 Å². The van der Waals surface area contributed by atoms with Gasteiger partial charge in [0, 0.05) is 23.4 Å². The monoisotopic (exact) mass is 676 g/mol. The Morgan fingerprint density at radius 1 is 1.00 bits per heavy atom. The maximum atomic E-state index is 13.0. The normalized spacial score (nSPS) is 33.3. The van der Waals surface area contributed by atoms with Crippen LogP contribution in [-0.2, 0) is 22.4 Å². The maximum Gasteiger partial charge on any atom is 0.344 e. The van der Waals surface area contributed by atoms with E-state index in [1.54, 1.807) is 6.07 Å². The van der Waals surface area contributed by atoms with Gasteiger partial charge in [0.15, 0.2) is 6.61 Å². The molecule has 0 aliphatic heterocycles. The van der Waals surface area contributed by atoms with E-state index in [0.29, 0.717) is 21.8 Å². The highest BCUT2D eigenvalue weighted by Crippen LogP contribution is 2.67. The molecule has 0 N–H and O–H groups in total. The lowest BCUT2D eigenvalue weighted by Crippen LogP contribution is -2.51. The SMILES string of the molecule is CC(C)CCC[C@@H](C)[C@@H]1CC[C@@H]2[C@@H]3CC=C4C[C@@H](OC(=O)COc5cc6oc(=O)c7c(c6cc5Cl)CCCC7)CC[C@]4(C)[C@@H]3CC[C@@]21C. The van der Waals surface area contributed by atoms with Crippen LogP contribution in [0.15, 0.2) is 33.0 Å². The number of hydrogen-bond donors (Lipinski definition) is 0. The number of esters is 1. The fourth-order valence-corrected chi connectivity index (χ4v) is 11.9. The number of ether oxygens (including phenoxy) is 2. The van der Waals surface area contributed by atoms with Crippen LogP contribution in [0.3, 0.4) is 0 Å². The van der Waals surface area contributed by atoms with Crippen LogP contribution in [0.4, 0.5) is 0 Å². The Labute approximate surface area is 292 Å². The molecule has 2 aromatic rings. The largest absolute Gasteiger partial charge is 0.480 e. The van der Waals surface area contributed by atoms with Crippen LogP contribution in [0, 0.1) is 46.3 Å². The van der Waals surface area contributed by atoms with Crippen molar-refractivity contribution in [2.24, 2.45) is 46.3 Å². The number of fused-ring (bicyclic) bond motifs is 8. The summed E-state index contributed by atoms with van der Waals surface area (Å²) < 4.78 is 17.5. The van der Waals surface area contributed by atoms with Crippen LogP contribution in [0.2, 0.25) is 5.02 Å². The van der Waals surface area contributed by atoms with E-state index in [2.05, 4.69) is 40.7 Å².